The fourth-order valence-electron chi connectivity index (χ4n) is 3.42. The zero-order valence-electron chi connectivity index (χ0n) is 17.4. The molecule has 0 bridgehead atoms. The highest BCUT2D eigenvalue weighted by Gasteiger charge is 2.24. The molecule has 3 aromatic carbocycles. The van der Waals surface area contributed by atoms with Gasteiger partial charge in [0.2, 0.25) is 0 Å². The van der Waals surface area contributed by atoms with Crippen LogP contribution in [0.15, 0.2) is 60.7 Å². The maximum Gasteiger partial charge on any atom is 0.269 e. The molecule has 0 atom stereocenters. The molecule has 0 aliphatic carbocycles. The maximum absolute atomic E-state index is 11.0. The van der Waals surface area contributed by atoms with Gasteiger partial charge in [-0.2, -0.15) is 0 Å². The summed E-state index contributed by atoms with van der Waals surface area (Å²) in [5.74, 6) is -0.334. The normalized spacial score (nSPS) is 10.8. The third-order valence-corrected chi connectivity index (χ3v) is 5.12. The Morgan fingerprint density at radius 2 is 1.20 bits per heavy atom. The van der Waals surface area contributed by atoms with Gasteiger partial charge in [0.15, 0.2) is 0 Å². The van der Waals surface area contributed by atoms with E-state index in [1.165, 1.54) is 12.1 Å². The van der Waals surface area contributed by atoms with E-state index in [1.807, 2.05) is 62.3 Å². The highest BCUT2D eigenvalue weighted by molar-refractivity contribution is 5.61. The number of hydrogen-bond acceptors (Lipinski definition) is 6. The Bertz CT molecular complexity index is 1010. The van der Waals surface area contributed by atoms with Gasteiger partial charge in [0.25, 0.3) is 5.69 Å². The molecule has 2 N–H and O–H groups in total. The first-order chi connectivity index (χ1) is 14.2. The Kier molecular flexibility index (Phi) is 5.82. The van der Waals surface area contributed by atoms with Gasteiger partial charge in [-0.3, -0.25) is 10.1 Å². The SMILES string of the molecule is CN(C)c1ccc(C(c2ccc([N+](=O)[O-])cc2)c2ccc(N(C)C)cc2O)c(O)c1. The van der Waals surface area contributed by atoms with Crippen LogP contribution in [-0.2, 0) is 0 Å². The number of aromatic hydroxyl groups is 2. The number of nitro groups is 1. The van der Waals surface area contributed by atoms with Gasteiger partial charge in [0, 0.05) is 80.9 Å². The van der Waals surface area contributed by atoms with Gasteiger partial charge >= 0.3 is 0 Å². The second-order valence-corrected chi connectivity index (χ2v) is 7.56. The summed E-state index contributed by atoms with van der Waals surface area (Å²) in [6.45, 7) is 0. The summed E-state index contributed by atoms with van der Waals surface area (Å²) in [5.41, 5.74) is 3.58. The molecule has 3 aromatic rings. The second-order valence-electron chi connectivity index (χ2n) is 7.56. The van der Waals surface area contributed by atoms with E-state index >= 15 is 0 Å². The first-order valence-electron chi connectivity index (χ1n) is 9.44. The lowest BCUT2D eigenvalue weighted by atomic mass is 9.83. The second kappa shape index (κ2) is 8.32. The summed E-state index contributed by atoms with van der Waals surface area (Å²) < 4.78 is 0. The lowest BCUT2D eigenvalue weighted by Gasteiger charge is -2.23. The van der Waals surface area contributed by atoms with Crippen LogP contribution in [0.2, 0.25) is 0 Å². The first kappa shape index (κ1) is 21.0. The fraction of sp³-hybridized carbons (Fsp3) is 0.217. The summed E-state index contributed by atoms with van der Waals surface area (Å²) in [4.78, 5) is 14.4. The van der Waals surface area contributed by atoms with Crippen molar-refractivity contribution in [3.63, 3.8) is 0 Å². The molecule has 0 unspecified atom stereocenters. The molecule has 7 nitrogen and oxygen atoms in total. The van der Waals surface area contributed by atoms with Crippen molar-refractivity contribution >= 4 is 17.1 Å². The summed E-state index contributed by atoms with van der Waals surface area (Å²) in [6, 6.07) is 16.9. The Balaban J connectivity index is 2.18. The number of anilines is 2. The molecule has 0 aliphatic rings. The van der Waals surface area contributed by atoms with E-state index in [1.54, 1.807) is 24.3 Å². The third-order valence-electron chi connectivity index (χ3n) is 5.12. The largest absolute Gasteiger partial charge is 0.508 e. The van der Waals surface area contributed by atoms with E-state index in [-0.39, 0.29) is 17.2 Å². The standard InChI is InChI=1S/C23H25N3O4/c1-24(2)17-9-11-19(21(27)13-17)23(15-5-7-16(8-6-15)26(29)30)20-12-10-18(25(3)4)14-22(20)28/h5-14,23,27-28H,1-4H3. The molecule has 7 heteroatoms. The Hall–Kier alpha value is -3.74. The van der Waals surface area contributed by atoms with Gasteiger partial charge < -0.3 is 20.0 Å². The maximum atomic E-state index is 11.0. The van der Waals surface area contributed by atoms with Crippen molar-refractivity contribution in [1.29, 1.82) is 0 Å². The van der Waals surface area contributed by atoms with Crippen LogP contribution in [0.4, 0.5) is 17.1 Å². The van der Waals surface area contributed by atoms with Gasteiger partial charge in [0.1, 0.15) is 11.5 Å². The van der Waals surface area contributed by atoms with Crippen molar-refractivity contribution < 1.29 is 15.1 Å². The van der Waals surface area contributed by atoms with E-state index in [9.17, 15) is 20.3 Å². The van der Waals surface area contributed by atoms with Crippen molar-refractivity contribution in [2.75, 3.05) is 38.0 Å². The van der Waals surface area contributed by atoms with Gasteiger partial charge in [-0.15, -0.1) is 0 Å². The predicted molar refractivity (Wildman–Crippen MR) is 119 cm³/mol. The molecular weight excluding hydrogens is 382 g/mol. The number of rotatable bonds is 6. The number of non-ortho nitro benzene ring substituents is 1. The summed E-state index contributed by atoms with van der Waals surface area (Å²) in [7, 11) is 7.53. The Morgan fingerprint density at radius 1 is 0.767 bits per heavy atom. The molecule has 0 fully saturated rings. The van der Waals surface area contributed by atoms with Gasteiger partial charge in [0.05, 0.1) is 4.92 Å². The molecule has 0 saturated carbocycles. The van der Waals surface area contributed by atoms with Crippen LogP contribution in [0.1, 0.15) is 22.6 Å². The number of phenols is 2. The minimum atomic E-state index is -0.502. The van der Waals surface area contributed by atoms with Crippen LogP contribution in [0.5, 0.6) is 11.5 Å². The molecule has 0 aromatic heterocycles. The summed E-state index contributed by atoms with van der Waals surface area (Å²) in [6.07, 6.45) is 0. The summed E-state index contributed by atoms with van der Waals surface area (Å²) >= 11 is 0. The van der Waals surface area contributed by atoms with Crippen LogP contribution in [-0.4, -0.2) is 43.3 Å². The number of benzene rings is 3. The van der Waals surface area contributed by atoms with Crippen molar-refractivity contribution in [3.05, 3.63) is 87.5 Å². The quantitative estimate of drug-likeness (QED) is 0.359. The topological polar surface area (TPSA) is 90.1 Å². The molecule has 0 radical (unpaired) electrons. The van der Waals surface area contributed by atoms with Crippen LogP contribution >= 0.6 is 0 Å². The zero-order chi connectivity index (χ0) is 22.0. The number of hydrogen-bond donors (Lipinski definition) is 2. The number of phenolic OH excluding ortho intramolecular Hbond substituents is 2. The molecule has 156 valence electrons. The van der Waals surface area contributed by atoms with E-state index in [0.717, 1.165) is 16.9 Å². The molecule has 0 amide bonds. The van der Waals surface area contributed by atoms with Crippen LogP contribution < -0.4 is 9.80 Å². The predicted octanol–water partition coefficient (Wildman–Crippen LogP) is 4.32. The van der Waals surface area contributed by atoms with E-state index < -0.39 is 10.8 Å². The first-order valence-corrected chi connectivity index (χ1v) is 9.44. The third kappa shape index (κ3) is 4.15. The average molecular weight is 407 g/mol. The molecule has 0 aliphatic heterocycles. The van der Waals surface area contributed by atoms with Gasteiger partial charge in [-0.05, 0) is 17.7 Å². The molecular formula is C23H25N3O4. The van der Waals surface area contributed by atoms with E-state index in [4.69, 9.17) is 0 Å². The van der Waals surface area contributed by atoms with Gasteiger partial charge in [-0.1, -0.05) is 24.3 Å². The fourth-order valence-corrected chi connectivity index (χ4v) is 3.42. The van der Waals surface area contributed by atoms with E-state index in [0.29, 0.717) is 11.1 Å². The zero-order valence-corrected chi connectivity index (χ0v) is 17.4. The molecule has 3 rings (SSSR count). The van der Waals surface area contributed by atoms with Crippen molar-refractivity contribution in [2.24, 2.45) is 0 Å². The average Bonchev–Trinajstić information content (AvgIpc) is 2.70. The van der Waals surface area contributed by atoms with Crippen molar-refractivity contribution in [3.8, 4) is 11.5 Å². The lowest BCUT2D eigenvalue weighted by Crippen LogP contribution is -2.11. The molecule has 0 saturated heterocycles. The smallest absolute Gasteiger partial charge is 0.269 e. The van der Waals surface area contributed by atoms with Crippen LogP contribution in [0.25, 0.3) is 0 Å². The Morgan fingerprint density at radius 3 is 1.53 bits per heavy atom. The number of nitro benzene ring substituents is 1. The van der Waals surface area contributed by atoms with Gasteiger partial charge in [-0.25, -0.2) is 0 Å². The van der Waals surface area contributed by atoms with Crippen LogP contribution in [0.3, 0.4) is 0 Å². The Labute approximate surface area is 175 Å². The minimum Gasteiger partial charge on any atom is -0.508 e. The highest BCUT2D eigenvalue weighted by atomic mass is 16.6. The molecule has 30 heavy (non-hydrogen) atoms. The monoisotopic (exact) mass is 407 g/mol. The van der Waals surface area contributed by atoms with E-state index in [2.05, 4.69) is 0 Å². The summed E-state index contributed by atoms with van der Waals surface area (Å²) in [5, 5.41) is 32.6. The number of nitrogens with zero attached hydrogens (tertiary/aromatic N) is 3. The van der Waals surface area contributed by atoms with Crippen molar-refractivity contribution in [2.45, 2.75) is 5.92 Å². The minimum absolute atomic E-state index is 0.0168. The molecule has 0 heterocycles. The lowest BCUT2D eigenvalue weighted by molar-refractivity contribution is -0.384. The van der Waals surface area contributed by atoms with Crippen molar-refractivity contribution in [1.82, 2.24) is 0 Å². The molecule has 0 spiro atoms. The van der Waals surface area contributed by atoms with Crippen LogP contribution in [0, 0.1) is 10.1 Å². The highest BCUT2D eigenvalue weighted by Crippen LogP contribution is 2.42.